The van der Waals surface area contributed by atoms with Crippen LogP contribution >= 0.6 is 0 Å². The highest BCUT2D eigenvalue weighted by molar-refractivity contribution is 6.01. The van der Waals surface area contributed by atoms with Gasteiger partial charge < -0.3 is 24.1 Å². The molecule has 1 aromatic carbocycles. The summed E-state index contributed by atoms with van der Waals surface area (Å²) in [6.07, 6.45) is 6.41. The van der Waals surface area contributed by atoms with Crippen LogP contribution in [-0.2, 0) is 22.6 Å². The molecule has 168 valence electrons. The molecule has 1 aliphatic rings. The van der Waals surface area contributed by atoms with Crippen molar-refractivity contribution < 1.29 is 14.2 Å². The van der Waals surface area contributed by atoms with E-state index in [1.165, 1.54) is 19.3 Å². The number of hydrogen-bond donors (Lipinski definition) is 0. The van der Waals surface area contributed by atoms with Gasteiger partial charge in [-0.05, 0) is 58.6 Å². The van der Waals surface area contributed by atoms with Crippen molar-refractivity contribution >= 4 is 27.6 Å². The van der Waals surface area contributed by atoms with Crippen LogP contribution in [0.1, 0.15) is 52.3 Å². The third-order valence-corrected chi connectivity index (χ3v) is 5.92. The molecule has 7 heteroatoms. The molecule has 0 aliphatic carbocycles. The largest absolute Gasteiger partial charge is 0.618 e. The fourth-order valence-corrected chi connectivity index (χ4v) is 4.41. The van der Waals surface area contributed by atoms with Gasteiger partial charge in [0.05, 0.1) is 17.0 Å². The minimum Gasteiger partial charge on any atom is -0.618 e. The lowest BCUT2D eigenvalue weighted by atomic mass is 10.1. The number of nitrogens with zero attached hydrogens (tertiary/aromatic N) is 4. The SMILES string of the molecule is CCOCc1nc2c[n+]([O-])c3cc(N4CCCCC4)ccc3c2n1CCCOC(C)C. The van der Waals surface area contributed by atoms with Gasteiger partial charge in [0.2, 0.25) is 11.7 Å². The van der Waals surface area contributed by atoms with Gasteiger partial charge in [0.15, 0.2) is 5.52 Å². The van der Waals surface area contributed by atoms with E-state index in [4.69, 9.17) is 14.5 Å². The second kappa shape index (κ2) is 9.83. The van der Waals surface area contributed by atoms with Crippen molar-refractivity contribution in [3.05, 3.63) is 35.4 Å². The van der Waals surface area contributed by atoms with E-state index in [-0.39, 0.29) is 6.10 Å². The second-order valence-electron chi connectivity index (χ2n) is 8.53. The molecule has 0 spiro atoms. The number of benzene rings is 1. The molecule has 4 rings (SSSR count). The van der Waals surface area contributed by atoms with E-state index in [1.807, 2.05) is 26.8 Å². The molecule has 0 radical (unpaired) electrons. The summed E-state index contributed by atoms with van der Waals surface area (Å²) in [6.45, 7) is 10.7. The molecule has 0 unspecified atom stereocenters. The predicted octanol–water partition coefficient (Wildman–Crippen LogP) is 4.16. The first-order chi connectivity index (χ1) is 15.1. The van der Waals surface area contributed by atoms with Gasteiger partial charge in [-0.2, -0.15) is 4.73 Å². The van der Waals surface area contributed by atoms with Crippen molar-refractivity contribution in [3.63, 3.8) is 0 Å². The van der Waals surface area contributed by atoms with Gasteiger partial charge in [0.25, 0.3) is 0 Å². The summed E-state index contributed by atoms with van der Waals surface area (Å²) in [6, 6.07) is 6.27. The molecule has 3 aromatic rings. The predicted molar refractivity (Wildman–Crippen MR) is 123 cm³/mol. The van der Waals surface area contributed by atoms with Crippen LogP contribution < -0.4 is 9.63 Å². The summed E-state index contributed by atoms with van der Waals surface area (Å²) < 4.78 is 14.6. The first-order valence-corrected chi connectivity index (χ1v) is 11.6. The van der Waals surface area contributed by atoms with Crippen molar-refractivity contribution in [1.82, 2.24) is 9.55 Å². The zero-order valence-corrected chi connectivity index (χ0v) is 19.0. The molecule has 0 saturated carbocycles. The summed E-state index contributed by atoms with van der Waals surface area (Å²) in [5.41, 5.74) is 3.54. The first kappa shape index (κ1) is 21.8. The summed E-state index contributed by atoms with van der Waals surface area (Å²) in [7, 11) is 0. The van der Waals surface area contributed by atoms with Crippen LogP contribution in [0.3, 0.4) is 0 Å². The van der Waals surface area contributed by atoms with E-state index in [9.17, 15) is 5.21 Å². The monoisotopic (exact) mass is 426 g/mol. The third-order valence-electron chi connectivity index (χ3n) is 5.92. The van der Waals surface area contributed by atoms with Crippen LogP contribution in [0.15, 0.2) is 24.4 Å². The van der Waals surface area contributed by atoms with Crippen LogP contribution in [-0.4, -0.2) is 42.0 Å². The standard InChI is InChI=1S/C24H34N4O3/c1-4-30-17-23-25-21-16-28(29)22-15-19(26-11-6-5-7-12-26)9-10-20(22)24(21)27(23)13-8-14-31-18(2)3/h9-10,15-16,18H,4-8,11-14,17H2,1-3H3. The highest BCUT2D eigenvalue weighted by atomic mass is 16.5. The maximum absolute atomic E-state index is 12.9. The van der Waals surface area contributed by atoms with Crippen LogP contribution in [0.4, 0.5) is 5.69 Å². The number of pyridine rings is 1. The maximum atomic E-state index is 12.9. The lowest BCUT2D eigenvalue weighted by molar-refractivity contribution is -0.575. The number of imidazole rings is 1. The molecule has 0 atom stereocenters. The fraction of sp³-hybridized carbons (Fsp3) is 0.583. The Morgan fingerprint density at radius 1 is 1.19 bits per heavy atom. The average molecular weight is 427 g/mol. The summed E-state index contributed by atoms with van der Waals surface area (Å²) in [5.74, 6) is 0.856. The molecular weight excluding hydrogens is 392 g/mol. The molecule has 0 N–H and O–H groups in total. The lowest BCUT2D eigenvalue weighted by Crippen LogP contribution is -2.30. The summed E-state index contributed by atoms with van der Waals surface area (Å²) >= 11 is 0. The molecule has 0 bridgehead atoms. The van der Waals surface area contributed by atoms with Crippen molar-refractivity contribution in [2.24, 2.45) is 0 Å². The van der Waals surface area contributed by atoms with Gasteiger partial charge in [-0.3, -0.25) is 0 Å². The average Bonchev–Trinajstić information content (AvgIpc) is 3.12. The number of anilines is 1. The van der Waals surface area contributed by atoms with E-state index in [1.54, 1.807) is 6.20 Å². The smallest absolute Gasteiger partial charge is 0.228 e. The number of aromatic nitrogens is 3. The second-order valence-corrected chi connectivity index (χ2v) is 8.53. The van der Waals surface area contributed by atoms with Gasteiger partial charge in [0, 0.05) is 44.6 Å². The van der Waals surface area contributed by atoms with Crippen LogP contribution in [0.25, 0.3) is 21.9 Å². The third kappa shape index (κ3) is 4.77. The normalized spacial score (nSPS) is 14.9. The summed E-state index contributed by atoms with van der Waals surface area (Å²) in [4.78, 5) is 7.14. The van der Waals surface area contributed by atoms with Crippen molar-refractivity contribution in [1.29, 1.82) is 0 Å². The Bertz CT molecular complexity index is 1020. The number of aryl methyl sites for hydroxylation is 1. The molecular formula is C24H34N4O3. The van der Waals surface area contributed by atoms with Crippen LogP contribution in [0.5, 0.6) is 0 Å². The molecule has 1 aliphatic heterocycles. The molecule has 3 heterocycles. The topological polar surface area (TPSA) is 66.5 Å². The molecule has 0 amide bonds. The lowest BCUT2D eigenvalue weighted by Gasteiger charge is -2.28. The quantitative estimate of drug-likeness (QED) is 0.292. The zero-order valence-electron chi connectivity index (χ0n) is 19.0. The highest BCUT2D eigenvalue weighted by Crippen LogP contribution is 2.29. The van der Waals surface area contributed by atoms with Crippen molar-refractivity contribution in [2.75, 3.05) is 31.2 Å². The fourth-order valence-electron chi connectivity index (χ4n) is 4.41. The Kier molecular flexibility index (Phi) is 6.92. The van der Waals surface area contributed by atoms with Gasteiger partial charge in [-0.1, -0.05) is 0 Å². The van der Waals surface area contributed by atoms with Crippen LogP contribution in [0, 0.1) is 5.21 Å². The van der Waals surface area contributed by atoms with Gasteiger partial charge in [-0.25, -0.2) is 4.98 Å². The Balaban J connectivity index is 1.75. The molecule has 1 saturated heterocycles. The molecule has 31 heavy (non-hydrogen) atoms. The minimum atomic E-state index is 0.218. The number of hydrogen-bond acceptors (Lipinski definition) is 5. The number of fused-ring (bicyclic) bond motifs is 3. The van der Waals surface area contributed by atoms with Gasteiger partial charge >= 0.3 is 0 Å². The van der Waals surface area contributed by atoms with E-state index >= 15 is 0 Å². The molecule has 1 fully saturated rings. The maximum Gasteiger partial charge on any atom is 0.228 e. The Labute approximate surface area is 184 Å². The van der Waals surface area contributed by atoms with Gasteiger partial charge in [0.1, 0.15) is 12.4 Å². The Morgan fingerprint density at radius 3 is 2.74 bits per heavy atom. The Morgan fingerprint density at radius 2 is 2.00 bits per heavy atom. The van der Waals surface area contributed by atoms with Crippen LogP contribution in [0.2, 0.25) is 0 Å². The first-order valence-electron chi connectivity index (χ1n) is 11.6. The van der Waals surface area contributed by atoms with Crippen molar-refractivity contribution in [3.8, 4) is 0 Å². The molecule has 7 nitrogen and oxygen atoms in total. The van der Waals surface area contributed by atoms with E-state index < -0.39 is 0 Å². The van der Waals surface area contributed by atoms with Gasteiger partial charge in [-0.15, -0.1) is 0 Å². The number of piperidine rings is 1. The Hall–Kier alpha value is -2.38. The highest BCUT2D eigenvalue weighted by Gasteiger charge is 2.20. The number of ether oxygens (including phenoxy) is 2. The van der Waals surface area contributed by atoms with E-state index in [0.29, 0.717) is 30.9 Å². The van der Waals surface area contributed by atoms with Crippen molar-refractivity contribution in [2.45, 2.75) is 65.7 Å². The molecule has 2 aromatic heterocycles. The minimum absolute atomic E-state index is 0.218. The zero-order chi connectivity index (χ0) is 21.8. The summed E-state index contributed by atoms with van der Waals surface area (Å²) in [5, 5.41) is 13.8. The van der Waals surface area contributed by atoms with E-state index in [0.717, 1.165) is 53.2 Å². The number of rotatable bonds is 9. The van der Waals surface area contributed by atoms with E-state index in [2.05, 4.69) is 21.6 Å².